The fraction of sp³-hybridized carbons (Fsp3) is 0.545. The highest BCUT2D eigenvalue weighted by Crippen LogP contribution is 2.33. The van der Waals surface area contributed by atoms with Crippen molar-refractivity contribution >= 4 is 5.91 Å². The summed E-state index contributed by atoms with van der Waals surface area (Å²) in [4.78, 5) is 15.3. The fourth-order valence-corrected chi connectivity index (χ4v) is 4.47. The molecule has 1 saturated heterocycles. The van der Waals surface area contributed by atoms with Gasteiger partial charge in [-0.3, -0.25) is 9.89 Å². The van der Waals surface area contributed by atoms with Crippen LogP contribution in [0.5, 0.6) is 0 Å². The van der Waals surface area contributed by atoms with E-state index >= 15 is 0 Å². The van der Waals surface area contributed by atoms with Crippen molar-refractivity contribution in [2.24, 2.45) is 0 Å². The molecule has 0 spiro atoms. The van der Waals surface area contributed by atoms with E-state index < -0.39 is 6.10 Å². The van der Waals surface area contributed by atoms with E-state index in [-0.39, 0.29) is 12.0 Å². The smallest absolute Gasteiger partial charge is 0.256 e. The second-order valence-electron chi connectivity index (χ2n) is 7.88. The van der Waals surface area contributed by atoms with E-state index in [4.69, 9.17) is 4.74 Å². The Morgan fingerprint density at radius 3 is 2.48 bits per heavy atom. The number of benzene rings is 1. The second kappa shape index (κ2) is 8.26. The summed E-state index contributed by atoms with van der Waals surface area (Å²) in [6.07, 6.45) is 8.19. The molecule has 1 unspecified atom stereocenters. The van der Waals surface area contributed by atoms with Gasteiger partial charge in [-0.25, -0.2) is 0 Å². The molecule has 1 aliphatic carbocycles. The monoisotopic (exact) mass is 367 g/mol. The lowest BCUT2D eigenvalue weighted by atomic mass is 9.89. The largest absolute Gasteiger partial charge is 0.360 e. The van der Waals surface area contributed by atoms with E-state index in [2.05, 4.69) is 17.1 Å². The Morgan fingerprint density at radius 1 is 1.15 bits per heavy atom. The number of hydrogen-bond donors (Lipinski definition) is 1. The van der Waals surface area contributed by atoms with Crippen LogP contribution in [-0.2, 0) is 9.53 Å². The number of carbonyl (C=O) groups is 1. The lowest BCUT2D eigenvalue weighted by molar-refractivity contribution is -0.149. The van der Waals surface area contributed by atoms with E-state index in [9.17, 15) is 4.79 Å². The van der Waals surface area contributed by atoms with Crippen molar-refractivity contribution in [3.8, 4) is 0 Å². The Morgan fingerprint density at radius 2 is 1.85 bits per heavy atom. The van der Waals surface area contributed by atoms with E-state index in [0.29, 0.717) is 5.92 Å². The number of hydrogen-bond acceptors (Lipinski definition) is 3. The lowest BCUT2D eigenvalue weighted by Crippen LogP contribution is -2.42. The van der Waals surface area contributed by atoms with E-state index in [1.165, 1.54) is 18.4 Å². The van der Waals surface area contributed by atoms with Crippen LogP contribution >= 0.6 is 0 Å². The van der Waals surface area contributed by atoms with Crippen LogP contribution in [0.1, 0.15) is 67.4 Å². The number of nitrogens with one attached hydrogen (secondary N) is 1. The van der Waals surface area contributed by atoms with Crippen molar-refractivity contribution < 1.29 is 9.53 Å². The first-order chi connectivity index (χ1) is 13.2. The van der Waals surface area contributed by atoms with Gasteiger partial charge >= 0.3 is 0 Å². The van der Waals surface area contributed by atoms with Crippen LogP contribution in [0.2, 0.25) is 0 Å². The van der Waals surface area contributed by atoms with E-state index in [1.54, 1.807) is 0 Å². The number of likely N-dealkylation sites (tertiary alicyclic amines) is 1. The Labute approximate surface area is 161 Å². The number of piperidine rings is 1. The minimum Gasteiger partial charge on any atom is -0.360 e. The molecule has 0 bridgehead atoms. The molecule has 5 nitrogen and oxygen atoms in total. The highest BCUT2D eigenvalue weighted by Gasteiger charge is 2.33. The highest BCUT2D eigenvalue weighted by molar-refractivity contribution is 5.82. The molecule has 2 aromatic rings. The van der Waals surface area contributed by atoms with Gasteiger partial charge in [0.2, 0.25) is 0 Å². The quantitative estimate of drug-likeness (QED) is 0.865. The van der Waals surface area contributed by atoms with Crippen LogP contribution in [0.15, 0.2) is 36.5 Å². The molecule has 0 radical (unpaired) electrons. The average Bonchev–Trinajstić information content (AvgIpc) is 3.38. The molecule has 1 N–H and O–H groups in total. The molecule has 2 heterocycles. The molecule has 2 aliphatic rings. The van der Waals surface area contributed by atoms with E-state index in [1.807, 2.05) is 41.4 Å². The van der Waals surface area contributed by atoms with Crippen LogP contribution in [0, 0.1) is 6.92 Å². The molecule has 1 amide bonds. The lowest BCUT2D eigenvalue weighted by Gasteiger charge is -2.35. The molecule has 1 atom stereocenters. The molecule has 2 fully saturated rings. The average molecular weight is 367 g/mol. The van der Waals surface area contributed by atoms with Crippen molar-refractivity contribution in [2.45, 2.75) is 63.6 Å². The number of aromatic amines is 1. The van der Waals surface area contributed by atoms with Crippen LogP contribution in [0.25, 0.3) is 0 Å². The summed E-state index contributed by atoms with van der Waals surface area (Å²) in [5.74, 6) is 0.606. The maximum atomic E-state index is 13.3. The summed E-state index contributed by atoms with van der Waals surface area (Å²) < 4.78 is 6.32. The van der Waals surface area contributed by atoms with Gasteiger partial charge < -0.3 is 9.64 Å². The summed E-state index contributed by atoms with van der Waals surface area (Å²) in [5, 5.41) is 7.18. The molecule has 4 rings (SSSR count). The first-order valence-corrected chi connectivity index (χ1v) is 10.2. The molecule has 144 valence electrons. The Kier molecular flexibility index (Phi) is 5.58. The van der Waals surface area contributed by atoms with Crippen molar-refractivity contribution in [3.05, 3.63) is 53.3 Å². The highest BCUT2D eigenvalue weighted by atomic mass is 16.5. The van der Waals surface area contributed by atoms with Crippen molar-refractivity contribution in [1.29, 1.82) is 0 Å². The molecule has 1 saturated carbocycles. The van der Waals surface area contributed by atoms with E-state index in [0.717, 1.165) is 50.0 Å². The third kappa shape index (κ3) is 4.08. The molecule has 1 aromatic carbocycles. The fourth-order valence-electron chi connectivity index (χ4n) is 4.47. The number of nitrogens with zero attached hydrogens (tertiary/aromatic N) is 2. The van der Waals surface area contributed by atoms with Gasteiger partial charge in [-0.05, 0) is 49.7 Å². The second-order valence-corrected chi connectivity index (χ2v) is 7.88. The number of amides is 1. The summed E-state index contributed by atoms with van der Waals surface area (Å²) in [6.45, 7) is 3.64. The molecule has 5 heteroatoms. The Bertz CT molecular complexity index is 744. The third-order valence-corrected chi connectivity index (χ3v) is 6.07. The van der Waals surface area contributed by atoms with Gasteiger partial charge in [0, 0.05) is 18.8 Å². The van der Waals surface area contributed by atoms with Crippen molar-refractivity contribution in [1.82, 2.24) is 15.1 Å². The zero-order chi connectivity index (χ0) is 18.6. The van der Waals surface area contributed by atoms with Crippen molar-refractivity contribution in [3.63, 3.8) is 0 Å². The molecular formula is C22H29N3O2. The number of carbonyl (C=O) groups excluding carboxylic acids is 1. The summed E-state index contributed by atoms with van der Waals surface area (Å²) in [6, 6.07) is 9.99. The van der Waals surface area contributed by atoms with Gasteiger partial charge in [-0.1, -0.05) is 43.2 Å². The van der Waals surface area contributed by atoms with Gasteiger partial charge in [0.15, 0.2) is 6.10 Å². The van der Waals surface area contributed by atoms with Crippen LogP contribution < -0.4 is 0 Å². The van der Waals surface area contributed by atoms with Crippen molar-refractivity contribution in [2.75, 3.05) is 13.1 Å². The Hall–Kier alpha value is -2.14. The minimum absolute atomic E-state index is 0.121. The molecule has 27 heavy (non-hydrogen) atoms. The normalized spacial score (nSPS) is 20.1. The summed E-state index contributed by atoms with van der Waals surface area (Å²) in [7, 11) is 0. The molecule has 1 aliphatic heterocycles. The number of rotatable bonds is 5. The number of aryl methyl sites for hydroxylation is 1. The maximum absolute atomic E-state index is 13.3. The van der Waals surface area contributed by atoms with Gasteiger partial charge in [0.1, 0.15) is 0 Å². The predicted molar refractivity (Wildman–Crippen MR) is 104 cm³/mol. The predicted octanol–water partition coefficient (Wildman–Crippen LogP) is 4.12. The van der Waals surface area contributed by atoms with Crippen LogP contribution in [0.3, 0.4) is 0 Å². The van der Waals surface area contributed by atoms with Gasteiger partial charge in [-0.15, -0.1) is 0 Å². The van der Waals surface area contributed by atoms with Crippen LogP contribution in [-0.4, -0.2) is 40.2 Å². The Balaban J connectivity index is 1.44. The maximum Gasteiger partial charge on any atom is 0.256 e. The van der Waals surface area contributed by atoms with Gasteiger partial charge in [-0.2, -0.15) is 5.10 Å². The standard InChI is InChI=1S/C22H29N3O2/c1-16-20(15-23-24-16)17-11-13-25(14-12-17)22(26)21(18-7-3-2-4-8-18)27-19-9-5-6-10-19/h2-4,7-8,15,17,19,21H,5-6,9-14H2,1H3,(H,23,24). The number of aromatic nitrogens is 2. The third-order valence-electron chi connectivity index (χ3n) is 6.07. The minimum atomic E-state index is -0.471. The SMILES string of the molecule is Cc1[nH]ncc1C1CCN(C(=O)C(OC2CCCC2)c2ccccc2)CC1. The zero-order valence-corrected chi connectivity index (χ0v) is 16.1. The first-order valence-electron chi connectivity index (χ1n) is 10.2. The summed E-state index contributed by atoms with van der Waals surface area (Å²) in [5.41, 5.74) is 3.41. The summed E-state index contributed by atoms with van der Waals surface area (Å²) >= 11 is 0. The molecule has 1 aromatic heterocycles. The van der Waals surface area contributed by atoms with Crippen LogP contribution in [0.4, 0.5) is 0 Å². The number of ether oxygens (including phenoxy) is 1. The molecular weight excluding hydrogens is 338 g/mol. The number of H-pyrrole nitrogens is 1. The van der Waals surface area contributed by atoms with Gasteiger partial charge in [0.05, 0.1) is 12.3 Å². The van der Waals surface area contributed by atoms with Gasteiger partial charge in [0.25, 0.3) is 5.91 Å². The first kappa shape index (κ1) is 18.2. The zero-order valence-electron chi connectivity index (χ0n) is 16.1. The topological polar surface area (TPSA) is 58.2 Å².